The molecule has 0 saturated carbocycles. The number of hydrogen-bond acceptors (Lipinski definition) is 2. The van der Waals surface area contributed by atoms with Gasteiger partial charge in [0.15, 0.2) is 5.96 Å². The molecule has 0 saturated heterocycles. The van der Waals surface area contributed by atoms with E-state index < -0.39 is 0 Å². The molecule has 0 radical (unpaired) electrons. The van der Waals surface area contributed by atoms with Crippen molar-refractivity contribution in [1.29, 1.82) is 0 Å². The smallest absolute Gasteiger partial charge is 0.193 e. The molecule has 1 atom stereocenters. The number of aliphatic imine (C=N–C) groups is 1. The van der Waals surface area contributed by atoms with Crippen molar-refractivity contribution in [2.24, 2.45) is 10.7 Å². The van der Waals surface area contributed by atoms with Gasteiger partial charge in [-0.15, -0.1) is 0 Å². The van der Waals surface area contributed by atoms with Gasteiger partial charge in [-0.3, -0.25) is 4.99 Å². The number of nitrogens with one attached hydrogen (secondary N) is 1. The first-order valence-electron chi connectivity index (χ1n) is 8.38. The van der Waals surface area contributed by atoms with E-state index in [0.29, 0.717) is 12.5 Å². The maximum absolute atomic E-state index is 6.05. The quantitative estimate of drug-likeness (QED) is 0.631. The molecule has 2 rings (SSSR count). The average Bonchev–Trinajstić information content (AvgIpc) is 2.57. The topological polar surface area (TPSA) is 53.6 Å². The molecule has 0 fully saturated rings. The van der Waals surface area contributed by atoms with Crippen LogP contribution in [0.2, 0.25) is 0 Å². The lowest BCUT2D eigenvalue weighted by molar-refractivity contribution is 0.306. The fraction of sp³-hybridized carbons (Fsp3) is 0.350. The van der Waals surface area contributed by atoms with Crippen molar-refractivity contribution in [3.8, 4) is 0 Å². The number of likely N-dealkylation sites (N-methyl/N-ethyl adjacent to an activating group) is 1. The molecular formula is C20H28N4. The first-order valence-corrected chi connectivity index (χ1v) is 8.38. The Morgan fingerprint density at radius 1 is 1.08 bits per heavy atom. The molecular weight excluding hydrogens is 296 g/mol. The van der Waals surface area contributed by atoms with Crippen LogP contribution in [0.4, 0.5) is 5.69 Å². The van der Waals surface area contributed by atoms with Crippen LogP contribution in [0.3, 0.4) is 0 Å². The fourth-order valence-corrected chi connectivity index (χ4v) is 2.55. The van der Waals surface area contributed by atoms with E-state index in [-0.39, 0.29) is 6.04 Å². The lowest BCUT2D eigenvalue weighted by Gasteiger charge is -2.23. The van der Waals surface area contributed by atoms with Gasteiger partial charge in [-0.05, 0) is 50.7 Å². The number of rotatable bonds is 6. The summed E-state index contributed by atoms with van der Waals surface area (Å²) in [6, 6.07) is 17.0. The minimum absolute atomic E-state index is 0.202. The van der Waals surface area contributed by atoms with Crippen LogP contribution in [0.15, 0.2) is 53.5 Å². The van der Waals surface area contributed by atoms with Gasteiger partial charge in [0.25, 0.3) is 0 Å². The highest BCUT2D eigenvalue weighted by molar-refractivity contribution is 5.92. The Labute approximate surface area is 145 Å². The van der Waals surface area contributed by atoms with Gasteiger partial charge in [0.2, 0.25) is 0 Å². The number of nitrogens with zero attached hydrogens (tertiary/aromatic N) is 2. The summed E-state index contributed by atoms with van der Waals surface area (Å²) >= 11 is 0. The Morgan fingerprint density at radius 3 is 2.25 bits per heavy atom. The van der Waals surface area contributed by atoms with E-state index >= 15 is 0 Å². The molecule has 1 unspecified atom stereocenters. The molecule has 0 bridgehead atoms. The van der Waals surface area contributed by atoms with Gasteiger partial charge < -0.3 is 16.0 Å². The highest BCUT2D eigenvalue weighted by Crippen LogP contribution is 2.19. The first-order chi connectivity index (χ1) is 11.5. The summed E-state index contributed by atoms with van der Waals surface area (Å²) in [5.74, 6) is 0.443. The highest BCUT2D eigenvalue weighted by Gasteiger charge is 2.13. The SMILES string of the molecule is CCc1ccc(NC(N)=NCC(c2ccc(C)cc2)N(C)C)cc1. The molecule has 2 aromatic rings. The zero-order valence-electron chi connectivity index (χ0n) is 15.1. The molecule has 0 aliphatic heterocycles. The Balaban J connectivity index is 2.03. The van der Waals surface area contributed by atoms with Crippen LogP contribution in [0.25, 0.3) is 0 Å². The van der Waals surface area contributed by atoms with Crippen molar-refractivity contribution in [1.82, 2.24) is 4.90 Å². The third kappa shape index (κ3) is 5.10. The third-order valence-electron chi connectivity index (χ3n) is 4.15. The zero-order valence-corrected chi connectivity index (χ0v) is 15.1. The van der Waals surface area contributed by atoms with E-state index in [0.717, 1.165) is 12.1 Å². The molecule has 4 nitrogen and oxygen atoms in total. The second-order valence-corrected chi connectivity index (χ2v) is 6.29. The Hall–Kier alpha value is -2.33. The summed E-state index contributed by atoms with van der Waals surface area (Å²) < 4.78 is 0. The van der Waals surface area contributed by atoms with Gasteiger partial charge in [0.1, 0.15) is 0 Å². The average molecular weight is 324 g/mol. The summed E-state index contributed by atoms with van der Waals surface area (Å²) in [4.78, 5) is 6.69. The van der Waals surface area contributed by atoms with E-state index in [2.05, 4.69) is 79.6 Å². The highest BCUT2D eigenvalue weighted by atomic mass is 15.1. The molecule has 0 spiro atoms. The number of benzene rings is 2. The van der Waals surface area contributed by atoms with E-state index in [1.807, 2.05) is 12.1 Å². The van der Waals surface area contributed by atoms with Crippen LogP contribution in [0, 0.1) is 6.92 Å². The number of anilines is 1. The molecule has 0 heterocycles. The van der Waals surface area contributed by atoms with Gasteiger partial charge in [0.05, 0.1) is 12.6 Å². The lowest BCUT2D eigenvalue weighted by atomic mass is 10.0. The van der Waals surface area contributed by atoms with Gasteiger partial charge in [-0.1, -0.05) is 48.9 Å². The van der Waals surface area contributed by atoms with Crippen LogP contribution in [-0.4, -0.2) is 31.5 Å². The molecule has 0 aliphatic rings. The van der Waals surface area contributed by atoms with Crippen molar-refractivity contribution in [2.75, 3.05) is 26.0 Å². The van der Waals surface area contributed by atoms with Crippen molar-refractivity contribution in [2.45, 2.75) is 26.3 Å². The van der Waals surface area contributed by atoms with Crippen molar-refractivity contribution in [3.63, 3.8) is 0 Å². The first kappa shape index (κ1) is 18.0. The Bertz CT molecular complexity index is 657. The van der Waals surface area contributed by atoms with Gasteiger partial charge in [0, 0.05) is 5.69 Å². The van der Waals surface area contributed by atoms with Gasteiger partial charge in [-0.2, -0.15) is 0 Å². The van der Waals surface area contributed by atoms with Gasteiger partial charge in [-0.25, -0.2) is 0 Å². The largest absolute Gasteiger partial charge is 0.370 e. The zero-order chi connectivity index (χ0) is 17.5. The molecule has 4 heteroatoms. The maximum Gasteiger partial charge on any atom is 0.193 e. The predicted octanol–water partition coefficient (Wildman–Crippen LogP) is 3.59. The number of aryl methyl sites for hydroxylation is 2. The molecule has 128 valence electrons. The normalized spacial score (nSPS) is 13.1. The monoisotopic (exact) mass is 324 g/mol. The molecule has 24 heavy (non-hydrogen) atoms. The van der Waals surface area contributed by atoms with Crippen LogP contribution in [-0.2, 0) is 6.42 Å². The van der Waals surface area contributed by atoms with Crippen LogP contribution in [0.5, 0.6) is 0 Å². The summed E-state index contributed by atoms with van der Waals surface area (Å²) in [7, 11) is 4.13. The van der Waals surface area contributed by atoms with E-state index in [4.69, 9.17) is 5.73 Å². The molecule has 0 aliphatic carbocycles. The van der Waals surface area contributed by atoms with E-state index in [9.17, 15) is 0 Å². The minimum Gasteiger partial charge on any atom is -0.370 e. The Morgan fingerprint density at radius 2 is 1.71 bits per heavy atom. The lowest BCUT2D eigenvalue weighted by Crippen LogP contribution is -2.27. The minimum atomic E-state index is 0.202. The summed E-state index contributed by atoms with van der Waals surface area (Å²) in [6.45, 7) is 4.85. The van der Waals surface area contributed by atoms with Crippen LogP contribution >= 0.6 is 0 Å². The summed E-state index contributed by atoms with van der Waals surface area (Å²) in [6.07, 6.45) is 1.03. The van der Waals surface area contributed by atoms with E-state index in [1.54, 1.807) is 0 Å². The van der Waals surface area contributed by atoms with Crippen molar-refractivity contribution >= 4 is 11.6 Å². The fourth-order valence-electron chi connectivity index (χ4n) is 2.55. The molecule has 0 aromatic heterocycles. The second kappa shape index (κ2) is 8.50. The number of guanidine groups is 1. The molecule has 2 aromatic carbocycles. The summed E-state index contributed by atoms with van der Waals surface area (Å²) in [5, 5.41) is 3.16. The number of nitrogens with two attached hydrogens (primary N) is 1. The second-order valence-electron chi connectivity index (χ2n) is 6.29. The van der Waals surface area contributed by atoms with Crippen molar-refractivity contribution in [3.05, 3.63) is 65.2 Å². The number of hydrogen-bond donors (Lipinski definition) is 2. The third-order valence-corrected chi connectivity index (χ3v) is 4.15. The molecule has 0 amide bonds. The summed E-state index contributed by atoms with van der Waals surface area (Å²) in [5.41, 5.74) is 10.8. The van der Waals surface area contributed by atoms with E-state index in [1.165, 1.54) is 16.7 Å². The maximum atomic E-state index is 6.05. The standard InChI is InChI=1S/C20H28N4/c1-5-16-8-12-18(13-9-16)23-20(21)22-14-19(24(3)4)17-10-6-15(2)7-11-17/h6-13,19H,5,14H2,1-4H3,(H3,21,22,23). The Kier molecular flexibility index (Phi) is 6.38. The van der Waals surface area contributed by atoms with Crippen LogP contribution < -0.4 is 11.1 Å². The predicted molar refractivity (Wildman–Crippen MR) is 104 cm³/mol. The van der Waals surface area contributed by atoms with Gasteiger partial charge >= 0.3 is 0 Å². The van der Waals surface area contributed by atoms with Crippen molar-refractivity contribution < 1.29 is 0 Å². The van der Waals surface area contributed by atoms with Crippen LogP contribution in [0.1, 0.15) is 29.7 Å². The molecule has 3 N–H and O–H groups in total.